The highest BCUT2D eigenvalue weighted by molar-refractivity contribution is 6.31. The van der Waals surface area contributed by atoms with Crippen LogP contribution >= 0.6 is 11.6 Å². The van der Waals surface area contributed by atoms with Crippen LogP contribution in [0, 0.1) is 5.82 Å². The average molecular weight is 317 g/mol. The number of benzene rings is 2. The Hall–Kier alpha value is -2.66. The van der Waals surface area contributed by atoms with Gasteiger partial charge in [0.25, 0.3) is 5.91 Å². The van der Waals surface area contributed by atoms with E-state index in [1.807, 2.05) is 0 Å². The molecule has 0 aliphatic carbocycles. The van der Waals surface area contributed by atoms with Crippen LogP contribution in [0.5, 0.6) is 0 Å². The molecule has 0 atom stereocenters. The Balaban J connectivity index is 2.29. The van der Waals surface area contributed by atoms with Gasteiger partial charge in [0.1, 0.15) is 17.0 Å². The molecule has 0 unspecified atom stereocenters. The Bertz CT molecular complexity index is 950. The third-order valence-corrected chi connectivity index (χ3v) is 3.25. The van der Waals surface area contributed by atoms with E-state index >= 15 is 0 Å². The fourth-order valence-corrected chi connectivity index (χ4v) is 2.20. The van der Waals surface area contributed by atoms with Crippen molar-refractivity contribution in [1.29, 1.82) is 0 Å². The van der Waals surface area contributed by atoms with E-state index in [1.165, 1.54) is 18.2 Å². The van der Waals surface area contributed by atoms with Crippen LogP contribution in [0.25, 0.3) is 11.0 Å². The molecule has 1 heterocycles. The van der Waals surface area contributed by atoms with Crippen molar-refractivity contribution in [1.82, 2.24) is 0 Å². The zero-order valence-corrected chi connectivity index (χ0v) is 12.0. The van der Waals surface area contributed by atoms with Gasteiger partial charge in [-0.3, -0.25) is 4.79 Å². The molecule has 6 heteroatoms. The zero-order valence-electron chi connectivity index (χ0n) is 11.2. The van der Waals surface area contributed by atoms with Gasteiger partial charge in [-0.1, -0.05) is 17.7 Å². The minimum Gasteiger partial charge on any atom is -0.438 e. The number of primary amides is 1. The number of carbonyl (C=O) groups is 1. The number of hydrogen-bond donors (Lipinski definition) is 1. The lowest BCUT2D eigenvalue weighted by Gasteiger charge is -2.02. The lowest BCUT2D eigenvalue weighted by atomic mass is 10.2. The molecular formula is C16H10ClFN2O2. The second kappa shape index (κ2) is 5.61. The van der Waals surface area contributed by atoms with E-state index in [0.29, 0.717) is 21.7 Å². The summed E-state index contributed by atoms with van der Waals surface area (Å²) in [6.45, 7) is 0. The first-order valence-corrected chi connectivity index (χ1v) is 6.74. The van der Waals surface area contributed by atoms with Crippen molar-refractivity contribution in [3.8, 4) is 0 Å². The largest absolute Gasteiger partial charge is 0.438 e. The zero-order chi connectivity index (χ0) is 15.7. The van der Waals surface area contributed by atoms with Gasteiger partial charge in [0.15, 0.2) is 0 Å². The summed E-state index contributed by atoms with van der Waals surface area (Å²) in [7, 11) is 0. The van der Waals surface area contributed by atoms with Crippen LogP contribution in [-0.4, -0.2) is 5.91 Å². The van der Waals surface area contributed by atoms with Crippen molar-refractivity contribution in [3.63, 3.8) is 0 Å². The third-order valence-electron chi connectivity index (χ3n) is 3.01. The second-order valence-corrected chi connectivity index (χ2v) is 5.04. The quantitative estimate of drug-likeness (QED) is 0.785. The van der Waals surface area contributed by atoms with Crippen LogP contribution in [0.3, 0.4) is 0 Å². The van der Waals surface area contributed by atoms with Crippen LogP contribution in [0.2, 0.25) is 5.02 Å². The number of amides is 1. The second-order valence-electron chi connectivity index (χ2n) is 4.60. The van der Waals surface area contributed by atoms with E-state index in [-0.39, 0.29) is 11.1 Å². The molecule has 0 saturated heterocycles. The summed E-state index contributed by atoms with van der Waals surface area (Å²) < 4.78 is 18.8. The van der Waals surface area contributed by atoms with Crippen molar-refractivity contribution in [2.75, 3.05) is 0 Å². The summed E-state index contributed by atoms with van der Waals surface area (Å²) in [4.78, 5) is 15.8. The molecule has 0 fully saturated rings. The predicted molar refractivity (Wildman–Crippen MR) is 81.4 cm³/mol. The van der Waals surface area contributed by atoms with Crippen molar-refractivity contribution >= 4 is 34.2 Å². The highest BCUT2D eigenvalue weighted by atomic mass is 35.5. The van der Waals surface area contributed by atoms with Crippen LogP contribution in [-0.2, 0) is 0 Å². The van der Waals surface area contributed by atoms with Gasteiger partial charge in [0.05, 0.1) is 5.69 Å². The number of fused-ring (bicyclic) bond motifs is 1. The molecule has 0 radical (unpaired) electrons. The SMILES string of the molecule is NC(=O)c1cc2cc(Cl)ccc2oc1=Nc1cccc(F)c1. The van der Waals surface area contributed by atoms with Gasteiger partial charge in [-0.05, 0) is 42.5 Å². The molecule has 3 aromatic rings. The topological polar surface area (TPSA) is 68.6 Å². The molecule has 0 bridgehead atoms. The number of carbonyl (C=O) groups excluding carboxylic acids is 1. The molecule has 0 aliphatic heterocycles. The monoisotopic (exact) mass is 316 g/mol. The first kappa shape index (κ1) is 14.3. The molecule has 3 rings (SSSR count). The van der Waals surface area contributed by atoms with Crippen molar-refractivity contribution in [2.24, 2.45) is 10.7 Å². The molecule has 2 N–H and O–H groups in total. The predicted octanol–water partition coefficient (Wildman–Crippen LogP) is 3.56. The maximum absolute atomic E-state index is 13.2. The van der Waals surface area contributed by atoms with Gasteiger partial charge in [-0.25, -0.2) is 9.38 Å². The minimum atomic E-state index is -0.694. The Morgan fingerprint density at radius 1 is 1.18 bits per heavy atom. The van der Waals surface area contributed by atoms with E-state index in [2.05, 4.69) is 4.99 Å². The molecule has 2 aromatic carbocycles. The standard InChI is InChI=1S/C16H10ClFN2O2/c17-10-4-5-14-9(6-10)7-13(15(19)21)16(22-14)20-12-3-1-2-11(18)8-12/h1-8H,(H2,19,21). The first-order chi connectivity index (χ1) is 10.5. The molecule has 1 amide bonds. The normalized spacial score (nSPS) is 11.8. The molecule has 110 valence electrons. The number of nitrogens with zero attached hydrogens (tertiary/aromatic N) is 1. The molecule has 0 saturated carbocycles. The lowest BCUT2D eigenvalue weighted by Crippen LogP contribution is -2.21. The van der Waals surface area contributed by atoms with Crippen LogP contribution in [0.4, 0.5) is 10.1 Å². The summed E-state index contributed by atoms with van der Waals surface area (Å²) in [5.74, 6) is -1.13. The summed E-state index contributed by atoms with van der Waals surface area (Å²) in [5, 5.41) is 1.13. The van der Waals surface area contributed by atoms with E-state index < -0.39 is 11.7 Å². The maximum atomic E-state index is 13.2. The maximum Gasteiger partial charge on any atom is 0.254 e. The minimum absolute atomic E-state index is 0.0212. The number of hydrogen-bond acceptors (Lipinski definition) is 3. The Morgan fingerprint density at radius 2 is 2.00 bits per heavy atom. The highest BCUT2D eigenvalue weighted by Crippen LogP contribution is 2.19. The van der Waals surface area contributed by atoms with Crippen molar-refractivity contribution in [2.45, 2.75) is 0 Å². The highest BCUT2D eigenvalue weighted by Gasteiger charge is 2.10. The molecule has 4 nitrogen and oxygen atoms in total. The van der Waals surface area contributed by atoms with E-state index in [0.717, 1.165) is 0 Å². The number of halogens is 2. The molecular weight excluding hydrogens is 307 g/mol. The van der Waals surface area contributed by atoms with Crippen molar-refractivity contribution in [3.05, 3.63) is 70.5 Å². The number of rotatable bonds is 2. The van der Waals surface area contributed by atoms with E-state index in [9.17, 15) is 9.18 Å². The molecule has 1 aromatic heterocycles. The van der Waals surface area contributed by atoms with Crippen LogP contribution in [0.1, 0.15) is 10.4 Å². The van der Waals surface area contributed by atoms with Gasteiger partial charge in [0, 0.05) is 10.4 Å². The van der Waals surface area contributed by atoms with Crippen LogP contribution in [0.15, 0.2) is 57.9 Å². The first-order valence-electron chi connectivity index (χ1n) is 6.36. The Kier molecular flexibility index (Phi) is 3.65. The van der Waals surface area contributed by atoms with Gasteiger partial charge in [-0.2, -0.15) is 0 Å². The van der Waals surface area contributed by atoms with Gasteiger partial charge in [0.2, 0.25) is 5.55 Å². The Morgan fingerprint density at radius 3 is 2.73 bits per heavy atom. The van der Waals surface area contributed by atoms with E-state index in [1.54, 1.807) is 30.3 Å². The third kappa shape index (κ3) is 2.84. The fraction of sp³-hybridized carbons (Fsp3) is 0. The smallest absolute Gasteiger partial charge is 0.254 e. The van der Waals surface area contributed by atoms with Gasteiger partial charge >= 0.3 is 0 Å². The van der Waals surface area contributed by atoms with Crippen LogP contribution < -0.4 is 11.3 Å². The van der Waals surface area contributed by atoms with Gasteiger partial charge < -0.3 is 10.2 Å². The average Bonchev–Trinajstić information content (AvgIpc) is 2.46. The van der Waals surface area contributed by atoms with Gasteiger partial charge in [-0.15, -0.1) is 0 Å². The summed E-state index contributed by atoms with van der Waals surface area (Å²) in [6.07, 6.45) is 0. The summed E-state index contributed by atoms with van der Waals surface area (Å²) >= 11 is 5.91. The lowest BCUT2D eigenvalue weighted by molar-refractivity contribution is 0.0996. The summed E-state index contributed by atoms with van der Waals surface area (Å²) in [5.41, 5.74) is 6.29. The molecule has 0 aliphatic rings. The fourth-order valence-electron chi connectivity index (χ4n) is 2.02. The van der Waals surface area contributed by atoms with Crippen molar-refractivity contribution < 1.29 is 13.6 Å². The molecule has 22 heavy (non-hydrogen) atoms. The summed E-state index contributed by atoms with van der Waals surface area (Å²) in [6, 6.07) is 12.1. The Labute approximate surface area is 129 Å². The molecule has 0 spiro atoms. The number of nitrogens with two attached hydrogens (primary N) is 1. The van der Waals surface area contributed by atoms with E-state index in [4.69, 9.17) is 21.8 Å².